The Morgan fingerprint density at radius 1 is 1.35 bits per heavy atom. The highest BCUT2D eigenvalue weighted by Crippen LogP contribution is 2.29. The van der Waals surface area contributed by atoms with Gasteiger partial charge in [0.2, 0.25) is 0 Å². The number of fused-ring (bicyclic) bond motifs is 1. The third-order valence-electron chi connectivity index (χ3n) is 3.81. The zero-order valence-electron chi connectivity index (χ0n) is 10.3. The topological polar surface area (TPSA) is 43.8 Å². The molecular formula is C13H21N3S. The van der Waals surface area contributed by atoms with Crippen LogP contribution in [0.2, 0.25) is 0 Å². The summed E-state index contributed by atoms with van der Waals surface area (Å²) in [5.74, 6) is 2.45. The Kier molecular flexibility index (Phi) is 3.43. The van der Waals surface area contributed by atoms with Crippen molar-refractivity contribution < 1.29 is 0 Å². The Bertz CT molecular complexity index is 382. The van der Waals surface area contributed by atoms with Gasteiger partial charge in [0, 0.05) is 24.4 Å². The maximum Gasteiger partial charge on any atom is 0.125 e. The summed E-state index contributed by atoms with van der Waals surface area (Å²) in [5, 5.41) is 0.789. The quantitative estimate of drug-likeness (QED) is 0.878. The van der Waals surface area contributed by atoms with E-state index in [0.29, 0.717) is 0 Å². The third-order valence-corrected chi connectivity index (χ3v) is 5.21. The lowest BCUT2D eigenvalue weighted by Gasteiger charge is -2.19. The van der Waals surface area contributed by atoms with Crippen LogP contribution in [-0.2, 0) is 13.0 Å². The average molecular weight is 251 g/mol. The van der Waals surface area contributed by atoms with Crippen LogP contribution in [0, 0.1) is 0 Å². The summed E-state index contributed by atoms with van der Waals surface area (Å²) in [6.45, 7) is 1.11. The van der Waals surface area contributed by atoms with Crippen molar-refractivity contribution in [3.8, 4) is 0 Å². The van der Waals surface area contributed by atoms with E-state index in [0.717, 1.165) is 30.5 Å². The standard InChI is InChI=1S/C13H21N3S/c14-12-5-3-6-16-9-10(15-13(12)16)8-11-4-1-2-7-17-11/h9,11-12H,1-8,14H2. The van der Waals surface area contributed by atoms with Crippen LogP contribution in [0.4, 0.5) is 0 Å². The first-order valence-electron chi connectivity index (χ1n) is 6.76. The molecule has 4 heteroatoms. The number of rotatable bonds is 2. The summed E-state index contributed by atoms with van der Waals surface area (Å²) < 4.78 is 2.27. The lowest BCUT2D eigenvalue weighted by molar-refractivity contribution is 0.451. The summed E-state index contributed by atoms with van der Waals surface area (Å²) in [5.41, 5.74) is 7.37. The van der Waals surface area contributed by atoms with Gasteiger partial charge in [0.05, 0.1) is 11.7 Å². The molecule has 1 aromatic rings. The van der Waals surface area contributed by atoms with Crippen molar-refractivity contribution in [3.63, 3.8) is 0 Å². The number of thioether (sulfide) groups is 1. The molecule has 2 aliphatic rings. The lowest BCUT2D eigenvalue weighted by Crippen LogP contribution is -2.21. The number of hydrogen-bond donors (Lipinski definition) is 1. The SMILES string of the molecule is NC1CCCn2cc(CC3CCCCS3)nc21. The second kappa shape index (κ2) is 5.02. The van der Waals surface area contributed by atoms with E-state index in [-0.39, 0.29) is 6.04 Å². The van der Waals surface area contributed by atoms with E-state index in [1.807, 2.05) is 0 Å². The molecule has 0 aliphatic carbocycles. The molecule has 0 radical (unpaired) electrons. The van der Waals surface area contributed by atoms with E-state index in [9.17, 15) is 0 Å². The van der Waals surface area contributed by atoms with Gasteiger partial charge >= 0.3 is 0 Å². The fourth-order valence-electron chi connectivity index (χ4n) is 2.87. The van der Waals surface area contributed by atoms with Gasteiger partial charge in [0.15, 0.2) is 0 Å². The van der Waals surface area contributed by atoms with Crippen LogP contribution in [0.15, 0.2) is 6.20 Å². The van der Waals surface area contributed by atoms with Crippen molar-refractivity contribution in [2.24, 2.45) is 5.73 Å². The average Bonchev–Trinajstić information content (AvgIpc) is 2.74. The molecule has 0 saturated carbocycles. The lowest BCUT2D eigenvalue weighted by atomic mass is 10.1. The molecule has 0 amide bonds. The van der Waals surface area contributed by atoms with E-state index in [1.165, 1.54) is 37.1 Å². The second-order valence-corrected chi connectivity index (χ2v) is 6.63. The number of nitrogens with zero attached hydrogens (tertiary/aromatic N) is 2. The van der Waals surface area contributed by atoms with Crippen molar-refractivity contribution in [3.05, 3.63) is 17.7 Å². The smallest absolute Gasteiger partial charge is 0.125 e. The predicted octanol–water partition coefficient (Wildman–Crippen LogP) is 2.50. The fraction of sp³-hybridized carbons (Fsp3) is 0.769. The van der Waals surface area contributed by atoms with Gasteiger partial charge < -0.3 is 10.3 Å². The van der Waals surface area contributed by atoms with Gasteiger partial charge in [-0.1, -0.05) is 6.42 Å². The maximum absolute atomic E-state index is 6.10. The second-order valence-electron chi connectivity index (χ2n) is 5.23. The summed E-state index contributed by atoms with van der Waals surface area (Å²) in [4.78, 5) is 4.75. The Labute approximate surface area is 107 Å². The molecule has 2 unspecified atom stereocenters. The van der Waals surface area contributed by atoms with Gasteiger partial charge in [0.25, 0.3) is 0 Å². The number of aryl methyl sites for hydroxylation is 1. The number of hydrogen-bond acceptors (Lipinski definition) is 3. The van der Waals surface area contributed by atoms with Gasteiger partial charge in [-0.05, 0) is 31.4 Å². The van der Waals surface area contributed by atoms with Gasteiger partial charge in [-0.2, -0.15) is 11.8 Å². The minimum absolute atomic E-state index is 0.163. The number of aromatic nitrogens is 2. The minimum Gasteiger partial charge on any atom is -0.333 e. The minimum atomic E-state index is 0.163. The zero-order valence-corrected chi connectivity index (χ0v) is 11.1. The molecule has 3 rings (SSSR count). The monoisotopic (exact) mass is 251 g/mol. The van der Waals surface area contributed by atoms with E-state index in [1.54, 1.807) is 0 Å². The summed E-state index contributed by atoms with van der Waals surface area (Å²) >= 11 is 2.12. The number of imidazole rings is 1. The molecule has 2 N–H and O–H groups in total. The van der Waals surface area contributed by atoms with E-state index in [4.69, 9.17) is 10.7 Å². The maximum atomic E-state index is 6.10. The van der Waals surface area contributed by atoms with E-state index >= 15 is 0 Å². The van der Waals surface area contributed by atoms with Gasteiger partial charge in [-0.3, -0.25) is 0 Å². The zero-order chi connectivity index (χ0) is 11.7. The van der Waals surface area contributed by atoms with Crippen molar-refractivity contribution >= 4 is 11.8 Å². The highest BCUT2D eigenvalue weighted by molar-refractivity contribution is 7.99. The van der Waals surface area contributed by atoms with Crippen LogP contribution in [-0.4, -0.2) is 20.6 Å². The first-order valence-corrected chi connectivity index (χ1v) is 7.81. The molecule has 0 spiro atoms. The molecule has 3 heterocycles. The Hall–Kier alpha value is -0.480. The van der Waals surface area contributed by atoms with Crippen LogP contribution in [0.25, 0.3) is 0 Å². The Balaban J connectivity index is 1.71. The van der Waals surface area contributed by atoms with Crippen molar-refractivity contribution in [1.82, 2.24) is 9.55 Å². The van der Waals surface area contributed by atoms with Crippen LogP contribution < -0.4 is 5.73 Å². The molecule has 0 bridgehead atoms. The van der Waals surface area contributed by atoms with E-state index in [2.05, 4.69) is 22.5 Å². The third kappa shape index (κ3) is 2.52. The van der Waals surface area contributed by atoms with Gasteiger partial charge in [-0.25, -0.2) is 4.98 Å². The summed E-state index contributed by atoms with van der Waals surface area (Å²) in [6, 6.07) is 0.163. The highest BCUT2D eigenvalue weighted by atomic mass is 32.2. The molecule has 0 aromatic carbocycles. The molecular weight excluding hydrogens is 230 g/mol. The molecule has 1 saturated heterocycles. The van der Waals surface area contributed by atoms with Crippen molar-refractivity contribution in [1.29, 1.82) is 0 Å². The molecule has 1 aromatic heterocycles. The van der Waals surface area contributed by atoms with Crippen LogP contribution >= 0.6 is 11.8 Å². The molecule has 1 fully saturated rings. The van der Waals surface area contributed by atoms with Crippen LogP contribution in [0.5, 0.6) is 0 Å². The molecule has 3 nitrogen and oxygen atoms in total. The Morgan fingerprint density at radius 2 is 2.29 bits per heavy atom. The number of nitrogens with two attached hydrogens (primary N) is 1. The molecule has 94 valence electrons. The van der Waals surface area contributed by atoms with Crippen LogP contribution in [0.3, 0.4) is 0 Å². The van der Waals surface area contributed by atoms with Crippen LogP contribution in [0.1, 0.15) is 49.7 Å². The first-order chi connectivity index (χ1) is 8.33. The fourth-order valence-corrected chi connectivity index (χ4v) is 4.20. The molecule has 2 atom stereocenters. The van der Waals surface area contributed by atoms with Crippen molar-refractivity contribution in [2.45, 2.75) is 56.4 Å². The largest absolute Gasteiger partial charge is 0.333 e. The van der Waals surface area contributed by atoms with Gasteiger partial charge in [-0.15, -0.1) is 0 Å². The molecule has 17 heavy (non-hydrogen) atoms. The summed E-state index contributed by atoms with van der Waals surface area (Å²) in [6.07, 6.45) is 9.81. The highest BCUT2D eigenvalue weighted by Gasteiger charge is 2.21. The summed E-state index contributed by atoms with van der Waals surface area (Å²) in [7, 11) is 0. The van der Waals surface area contributed by atoms with Gasteiger partial charge in [0.1, 0.15) is 5.82 Å². The van der Waals surface area contributed by atoms with E-state index < -0.39 is 0 Å². The predicted molar refractivity (Wildman–Crippen MR) is 72.2 cm³/mol. The Morgan fingerprint density at radius 3 is 3.06 bits per heavy atom. The molecule has 2 aliphatic heterocycles. The van der Waals surface area contributed by atoms with Crippen molar-refractivity contribution in [2.75, 3.05) is 5.75 Å². The normalized spacial score (nSPS) is 29.0. The first kappa shape index (κ1) is 11.6.